The van der Waals surface area contributed by atoms with E-state index in [1.807, 2.05) is 75.3 Å². The molecular formula is C48H38Cl2N12O4. The number of nitrogens with one attached hydrogen (secondary N) is 2. The van der Waals surface area contributed by atoms with Crippen LogP contribution in [0.4, 0.5) is 11.4 Å². The van der Waals surface area contributed by atoms with Gasteiger partial charge < -0.3 is 20.8 Å². The van der Waals surface area contributed by atoms with Gasteiger partial charge in [0.2, 0.25) is 0 Å². The molecule has 2 amide bonds. The molecule has 6 heterocycles. The van der Waals surface area contributed by atoms with Gasteiger partial charge in [-0.3, -0.25) is 19.0 Å². The van der Waals surface area contributed by atoms with Crippen molar-refractivity contribution in [1.29, 1.82) is 0 Å². The zero-order valence-corrected chi connectivity index (χ0v) is 36.6. The number of rotatable bonds is 10. The molecule has 4 aromatic carbocycles. The summed E-state index contributed by atoms with van der Waals surface area (Å²) < 4.78 is 7.06. The average molecular weight is 918 g/mol. The van der Waals surface area contributed by atoms with E-state index in [9.17, 15) is 19.8 Å². The van der Waals surface area contributed by atoms with Crippen LogP contribution in [0.15, 0.2) is 159 Å². The lowest BCUT2D eigenvalue weighted by Crippen LogP contribution is -2.20. The van der Waals surface area contributed by atoms with Crippen LogP contribution in [0.1, 0.15) is 23.3 Å². The quantitative estimate of drug-likeness (QED) is 0.104. The van der Waals surface area contributed by atoms with Gasteiger partial charge in [-0.05, 0) is 71.8 Å². The van der Waals surface area contributed by atoms with E-state index in [0.717, 1.165) is 55.8 Å². The number of hydrogen-bond acceptors (Lipinski definition) is 10. The number of benzene rings is 4. The molecule has 0 spiro atoms. The first-order chi connectivity index (χ1) is 31.9. The minimum Gasteiger partial charge on any atom is -0.378 e. The number of halogens is 2. The van der Waals surface area contributed by atoms with Gasteiger partial charge in [0, 0.05) is 93.7 Å². The highest BCUT2D eigenvalue weighted by atomic mass is 35.5. The van der Waals surface area contributed by atoms with Crippen LogP contribution >= 0.6 is 23.2 Å². The lowest BCUT2D eigenvalue weighted by Gasteiger charge is -2.12. The number of anilines is 2. The van der Waals surface area contributed by atoms with Gasteiger partial charge in [-0.2, -0.15) is 20.4 Å². The molecule has 0 bridgehead atoms. The SMILES string of the molecule is Cn1cc(-c2cc3c(-c4ccc(NC(=O)[C@@H](O)c5ccc(Cl)cc5)cc4)ncnn3c2)cn1.Cn1cc(-c2cc3c(-c4ccc(NC(=O)[C@H](O)c5ccc(Cl)cc5)cc4)ncnn3c2)cn1. The monoisotopic (exact) mass is 916 g/mol. The van der Waals surface area contributed by atoms with E-state index in [4.69, 9.17) is 23.2 Å². The zero-order valence-electron chi connectivity index (χ0n) is 35.1. The molecule has 6 aromatic heterocycles. The average Bonchev–Trinajstić information content (AvgIpc) is 4.16. The Hall–Kier alpha value is -8.02. The Morgan fingerprint density at radius 3 is 1.23 bits per heavy atom. The normalized spacial score (nSPS) is 12.1. The van der Waals surface area contributed by atoms with E-state index in [-0.39, 0.29) is 0 Å². The number of aliphatic hydroxyl groups is 2. The number of hydrogen-bond donors (Lipinski definition) is 4. The molecule has 18 heteroatoms. The summed E-state index contributed by atoms with van der Waals surface area (Å²) in [6, 6.07) is 31.6. The van der Waals surface area contributed by atoms with Crippen LogP contribution in [-0.4, -0.2) is 70.8 Å². The minimum atomic E-state index is -1.30. The smallest absolute Gasteiger partial charge is 0.257 e. The summed E-state index contributed by atoms with van der Waals surface area (Å²) in [5.41, 5.74) is 11.0. The predicted octanol–water partition coefficient (Wildman–Crippen LogP) is 8.24. The van der Waals surface area contributed by atoms with Crippen molar-refractivity contribution < 1.29 is 19.8 Å². The van der Waals surface area contributed by atoms with E-state index in [0.29, 0.717) is 32.5 Å². The van der Waals surface area contributed by atoms with Crippen LogP contribution in [0.2, 0.25) is 10.0 Å². The number of nitrogens with zero attached hydrogens (tertiary/aromatic N) is 10. The molecular weight excluding hydrogens is 880 g/mol. The number of carbonyl (C=O) groups excluding carboxylic acids is 2. The van der Waals surface area contributed by atoms with E-state index in [1.165, 1.54) is 12.7 Å². The molecule has 10 aromatic rings. The van der Waals surface area contributed by atoms with Crippen molar-refractivity contribution in [2.24, 2.45) is 14.1 Å². The molecule has 328 valence electrons. The number of amides is 2. The highest BCUT2D eigenvalue weighted by Gasteiger charge is 2.20. The molecule has 0 aliphatic carbocycles. The van der Waals surface area contributed by atoms with E-state index >= 15 is 0 Å². The van der Waals surface area contributed by atoms with Crippen molar-refractivity contribution in [3.8, 4) is 44.8 Å². The van der Waals surface area contributed by atoms with Crippen molar-refractivity contribution in [1.82, 2.24) is 48.8 Å². The van der Waals surface area contributed by atoms with Crippen LogP contribution in [0, 0.1) is 0 Å². The summed E-state index contributed by atoms with van der Waals surface area (Å²) in [5.74, 6) is -1.05. The van der Waals surface area contributed by atoms with Crippen LogP contribution in [0.3, 0.4) is 0 Å². The molecule has 16 nitrogen and oxygen atoms in total. The first kappa shape index (κ1) is 43.2. The van der Waals surface area contributed by atoms with E-state index in [1.54, 1.807) is 104 Å². The zero-order chi connectivity index (χ0) is 45.9. The molecule has 66 heavy (non-hydrogen) atoms. The molecule has 10 rings (SSSR count). The van der Waals surface area contributed by atoms with Crippen molar-refractivity contribution in [2.45, 2.75) is 12.2 Å². The Morgan fingerprint density at radius 2 is 0.879 bits per heavy atom. The minimum absolute atomic E-state index is 0.467. The van der Waals surface area contributed by atoms with Gasteiger partial charge in [0.15, 0.2) is 12.2 Å². The molecule has 2 atom stereocenters. The van der Waals surface area contributed by atoms with Crippen LogP contribution < -0.4 is 10.6 Å². The summed E-state index contributed by atoms with van der Waals surface area (Å²) in [4.78, 5) is 33.8. The topological polar surface area (TPSA) is 195 Å². The van der Waals surface area contributed by atoms with Crippen LogP contribution in [0.5, 0.6) is 0 Å². The van der Waals surface area contributed by atoms with Gasteiger partial charge in [0.05, 0.1) is 34.8 Å². The second-order valence-electron chi connectivity index (χ2n) is 15.2. The largest absolute Gasteiger partial charge is 0.378 e. The standard InChI is InChI=1S/2C24H19ClN6O2/c2*1-30-12-18(11-27-30)17-10-21-22(26-14-28-31(21)13-17)15-4-8-20(9-5-15)29-24(33)23(32)16-2-6-19(25)7-3-16/h2*2-14,23,32H,1H3,(H,29,33)/t2*23-/m10/s1. The molecule has 0 fully saturated rings. The summed E-state index contributed by atoms with van der Waals surface area (Å²) in [6.07, 6.45) is 11.8. The lowest BCUT2D eigenvalue weighted by atomic mass is 10.1. The fourth-order valence-corrected chi connectivity index (χ4v) is 7.45. The molecule has 0 unspecified atom stereocenters. The summed E-state index contributed by atoms with van der Waals surface area (Å²) in [7, 11) is 3.75. The van der Waals surface area contributed by atoms with Gasteiger partial charge in [-0.25, -0.2) is 19.0 Å². The molecule has 4 N–H and O–H groups in total. The Balaban J connectivity index is 0.000000166. The van der Waals surface area contributed by atoms with E-state index < -0.39 is 24.0 Å². The van der Waals surface area contributed by atoms with Gasteiger partial charge in [-0.1, -0.05) is 71.7 Å². The third-order valence-corrected chi connectivity index (χ3v) is 11.1. The van der Waals surface area contributed by atoms with Crippen molar-refractivity contribution in [3.63, 3.8) is 0 Å². The number of aliphatic hydroxyl groups excluding tert-OH is 2. The lowest BCUT2D eigenvalue weighted by molar-refractivity contribution is -0.124. The number of fused-ring (bicyclic) bond motifs is 2. The maximum absolute atomic E-state index is 12.4. The fraction of sp³-hybridized carbons (Fsp3) is 0.0833. The molecule has 0 aliphatic rings. The second-order valence-corrected chi connectivity index (χ2v) is 16.1. The summed E-state index contributed by atoms with van der Waals surface area (Å²) in [6.45, 7) is 0. The van der Waals surface area contributed by atoms with Gasteiger partial charge in [0.25, 0.3) is 11.8 Å². The van der Waals surface area contributed by atoms with Crippen molar-refractivity contribution in [3.05, 3.63) is 180 Å². The Morgan fingerprint density at radius 1 is 0.500 bits per heavy atom. The number of carbonyl (C=O) groups is 2. The molecule has 0 saturated heterocycles. The van der Waals surface area contributed by atoms with Crippen molar-refractivity contribution >= 4 is 57.4 Å². The third kappa shape index (κ3) is 9.43. The molecule has 0 radical (unpaired) electrons. The highest BCUT2D eigenvalue weighted by Crippen LogP contribution is 2.31. The Labute approximate surface area is 386 Å². The second kappa shape index (κ2) is 18.6. The van der Waals surface area contributed by atoms with Gasteiger partial charge >= 0.3 is 0 Å². The maximum Gasteiger partial charge on any atom is 0.257 e. The third-order valence-electron chi connectivity index (χ3n) is 10.6. The molecule has 0 aliphatic heterocycles. The first-order valence-corrected chi connectivity index (χ1v) is 21.1. The highest BCUT2D eigenvalue weighted by molar-refractivity contribution is 6.30. The Bertz CT molecular complexity index is 3100. The fourth-order valence-electron chi connectivity index (χ4n) is 7.20. The van der Waals surface area contributed by atoms with Crippen molar-refractivity contribution in [2.75, 3.05) is 10.6 Å². The van der Waals surface area contributed by atoms with Crippen LogP contribution in [-0.2, 0) is 23.7 Å². The van der Waals surface area contributed by atoms with E-state index in [2.05, 4.69) is 41.0 Å². The number of aryl methyl sites for hydroxylation is 2. The summed E-state index contributed by atoms with van der Waals surface area (Å²) >= 11 is 11.7. The predicted molar refractivity (Wildman–Crippen MR) is 251 cm³/mol. The van der Waals surface area contributed by atoms with Crippen LogP contribution in [0.25, 0.3) is 55.8 Å². The Kier molecular flexibility index (Phi) is 12.2. The first-order valence-electron chi connectivity index (χ1n) is 20.3. The van der Waals surface area contributed by atoms with Gasteiger partial charge in [-0.15, -0.1) is 0 Å². The summed E-state index contributed by atoms with van der Waals surface area (Å²) in [5, 5.41) is 44.2. The maximum atomic E-state index is 12.4. The molecule has 0 saturated carbocycles. The number of aromatic nitrogens is 10. The van der Waals surface area contributed by atoms with Gasteiger partial charge in [0.1, 0.15) is 12.7 Å².